The summed E-state index contributed by atoms with van der Waals surface area (Å²) in [4.78, 5) is 38.5. The third-order valence-electron chi connectivity index (χ3n) is 6.53. The Morgan fingerprint density at radius 2 is 1.87 bits per heavy atom. The number of amides is 1. The zero-order valence-corrected chi connectivity index (χ0v) is 21.5. The lowest BCUT2D eigenvalue weighted by atomic mass is 10.0. The van der Waals surface area contributed by atoms with E-state index in [9.17, 15) is 9.59 Å². The summed E-state index contributed by atoms with van der Waals surface area (Å²) in [6.45, 7) is 4.73. The first kappa shape index (κ1) is 25.0. The first-order chi connectivity index (χ1) is 18.5. The second kappa shape index (κ2) is 11.1. The summed E-state index contributed by atoms with van der Waals surface area (Å²) in [6, 6.07) is 19.9. The van der Waals surface area contributed by atoms with E-state index in [1.165, 1.54) is 10.1 Å². The minimum absolute atomic E-state index is 0.126. The van der Waals surface area contributed by atoms with Crippen LogP contribution in [0.25, 0.3) is 22.2 Å². The molecule has 1 amide bonds. The predicted molar refractivity (Wildman–Crippen MR) is 150 cm³/mol. The van der Waals surface area contributed by atoms with Crippen LogP contribution in [-0.2, 0) is 24.3 Å². The average Bonchev–Trinajstić information content (AvgIpc) is 3.35. The van der Waals surface area contributed by atoms with E-state index in [0.717, 1.165) is 39.7 Å². The highest BCUT2D eigenvalue weighted by atomic mass is 16.2. The largest absolute Gasteiger partial charge is 0.365 e. The number of nitrogens with one attached hydrogen (secondary N) is 3. The van der Waals surface area contributed by atoms with Crippen LogP contribution in [0.1, 0.15) is 22.4 Å². The number of H-pyrrole nitrogens is 1. The summed E-state index contributed by atoms with van der Waals surface area (Å²) >= 11 is 0. The van der Waals surface area contributed by atoms with Crippen molar-refractivity contribution in [1.29, 1.82) is 0 Å². The van der Waals surface area contributed by atoms with E-state index >= 15 is 0 Å². The van der Waals surface area contributed by atoms with Gasteiger partial charge in [-0.1, -0.05) is 48.0 Å². The van der Waals surface area contributed by atoms with Crippen molar-refractivity contribution in [3.8, 4) is 11.3 Å². The van der Waals surface area contributed by atoms with Crippen LogP contribution in [0.2, 0.25) is 0 Å². The lowest BCUT2D eigenvalue weighted by molar-refractivity contribution is -0.121. The smallest absolute Gasteiger partial charge is 0.294 e. The molecule has 3 aromatic heterocycles. The zero-order valence-electron chi connectivity index (χ0n) is 21.5. The van der Waals surface area contributed by atoms with Gasteiger partial charge in [-0.05, 0) is 49.6 Å². The molecule has 38 heavy (non-hydrogen) atoms. The molecule has 8 heteroatoms. The lowest BCUT2D eigenvalue weighted by Gasteiger charge is -2.17. The molecule has 0 atom stereocenters. The Morgan fingerprint density at radius 1 is 1.03 bits per heavy atom. The number of anilines is 1. The Bertz CT molecular complexity index is 1610. The van der Waals surface area contributed by atoms with Crippen LogP contribution in [0.15, 0.2) is 84.0 Å². The van der Waals surface area contributed by atoms with Gasteiger partial charge in [-0.15, -0.1) is 0 Å². The number of benzene rings is 2. The number of carbonyl (C=O) groups is 1. The molecule has 8 nitrogen and oxygen atoms in total. The third kappa shape index (κ3) is 5.64. The van der Waals surface area contributed by atoms with Gasteiger partial charge in [0.2, 0.25) is 5.91 Å². The molecule has 0 fully saturated rings. The summed E-state index contributed by atoms with van der Waals surface area (Å²) < 4.78 is 1.50. The van der Waals surface area contributed by atoms with Crippen molar-refractivity contribution in [2.45, 2.75) is 33.4 Å². The number of rotatable bonds is 9. The van der Waals surface area contributed by atoms with Gasteiger partial charge in [0, 0.05) is 41.1 Å². The van der Waals surface area contributed by atoms with E-state index in [-0.39, 0.29) is 23.8 Å². The van der Waals surface area contributed by atoms with Crippen molar-refractivity contribution in [3.63, 3.8) is 0 Å². The Labute approximate surface area is 220 Å². The summed E-state index contributed by atoms with van der Waals surface area (Å²) in [5.74, 6) is -0.0391. The van der Waals surface area contributed by atoms with E-state index in [4.69, 9.17) is 0 Å². The number of fused-ring (bicyclic) bond motifs is 1. The molecule has 0 spiro atoms. The molecule has 2 aromatic carbocycles. The molecular weight excluding hydrogens is 476 g/mol. The predicted octanol–water partition coefficient (Wildman–Crippen LogP) is 4.37. The van der Waals surface area contributed by atoms with Crippen molar-refractivity contribution in [1.82, 2.24) is 24.8 Å². The van der Waals surface area contributed by atoms with Gasteiger partial charge >= 0.3 is 0 Å². The summed E-state index contributed by atoms with van der Waals surface area (Å²) in [7, 11) is 0. The van der Waals surface area contributed by atoms with Crippen LogP contribution in [-0.4, -0.2) is 32.0 Å². The molecule has 0 radical (unpaired) electrons. The highest BCUT2D eigenvalue weighted by molar-refractivity contribution is 5.80. The van der Waals surface area contributed by atoms with Crippen molar-refractivity contribution < 1.29 is 4.79 Å². The van der Waals surface area contributed by atoms with Gasteiger partial charge in [-0.25, -0.2) is 4.98 Å². The fourth-order valence-corrected chi connectivity index (χ4v) is 4.48. The molecule has 0 saturated heterocycles. The fourth-order valence-electron chi connectivity index (χ4n) is 4.48. The fraction of sp³-hybridized carbons (Fsp3) is 0.200. The van der Waals surface area contributed by atoms with Gasteiger partial charge in [-0.3, -0.25) is 19.1 Å². The average molecular weight is 507 g/mol. The Balaban J connectivity index is 1.38. The van der Waals surface area contributed by atoms with Crippen LogP contribution in [0.4, 0.5) is 5.82 Å². The molecule has 3 N–H and O–H groups in total. The minimum atomic E-state index is -0.330. The van der Waals surface area contributed by atoms with Gasteiger partial charge < -0.3 is 15.6 Å². The van der Waals surface area contributed by atoms with E-state index in [2.05, 4.69) is 25.6 Å². The lowest BCUT2D eigenvalue weighted by Crippen LogP contribution is -2.34. The van der Waals surface area contributed by atoms with E-state index < -0.39 is 0 Å². The van der Waals surface area contributed by atoms with Crippen molar-refractivity contribution in [2.75, 3.05) is 11.9 Å². The standard InChI is InChI=1S/C30H30N6O2/c1-20-8-9-21(2)25(14-20)27-18-34-29(32-13-10-22-6-4-3-5-7-22)30(38)36(27)19-28(37)33-17-24-15-23-16-31-12-11-26(23)35-24/h3-9,11-12,14-16,18,35H,10,13,17,19H2,1-2H3,(H,32,34)(H,33,37). The second-order valence-electron chi connectivity index (χ2n) is 9.40. The first-order valence-corrected chi connectivity index (χ1v) is 12.6. The first-order valence-electron chi connectivity index (χ1n) is 12.6. The molecule has 192 valence electrons. The van der Waals surface area contributed by atoms with E-state index in [1.54, 1.807) is 18.6 Å². The maximum Gasteiger partial charge on any atom is 0.294 e. The van der Waals surface area contributed by atoms with Gasteiger partial charge in [0.25, 0.3) is 5.56 Å². The van der Waals surface area contributed by atoms with E-state index in [0.29, 0.717) is 18.8 Å². The monoisotopic (exact) mass is 506 g/mol. The van der Waals surface area contributed by atoms with Crippen LogP contribution < -0.4 is 16.2 Å². The molecule has 0 bridgehead atoms. The molecule has 5 rings (SSSR count). The minimum Gasteiger partial charge on any atom is -0.365 e. The zero-order chi connectivity index (χ0) is 26.5. The number of aromatic nitrogens is 4. The maximum atomic E-state index is 13.6. The summed E-state index contributed by atoms with van der Waals surface area (Å²) in [5, 5.41) is 7.08. The topological polar surface area (TPSA) is 105 Å². The number of aromatic amines is 1. The third-order valence-corrected chi connectivity index (χ3v) is 6.53. The SMILES string of the molecule is Cc1ccc(C)c(-c2cnc(NCCc3ccccc3)c(=O)n2CC(=O)NCc2cc3cnccc3[nH]2)c1. The van der Waals surface area contributed by atoms with Crippen molar-refractivity contribution in [3.05, 3.63) is 112 Å². The molecule has 5 aromatic rings. The number of aryl methyl sites for hydroxylation is 2. The quantitative estimate of drug-likeness (QED) is 0.275. The number of hydrogen-bond acceptors (Lipinski definition) is 5. The van der Waals surface area contributed by atoms with Gasteiger partial charge in [0.15, 0.2) is 5.82 Å². The second-order valence-corrected chi connectivity index (χ2v) is 9.40. The van der Waals surface area contributed by atoms with Crippen LogP contribution >= 0.6 is 0 Å². The molecule has 0 saturated carbocycles. The van der Waals surface area contributed by atoms with Crippen molar-refractivity contribution >= 4 is 22.6 Å². The number of hydrogen-bond donors (Lipinski definition) is 3. The maximum absolute atomic E-state index is 13.6. The number of carbonyl (C=O) groups excluding carboxylic acids is 1. The van der Waals surface area contributed by atoms with Gasteiger partial charge in [0.1, 0.15) is 6.54 Å². The van der Waals surface area contributed by atoms with Crippen molar-refractivity contribution in [2.24, 2.45) is 0 Å². The van der Waals surface area contributed by atoms with E-state index in [1.807, 2.05) is 74.5 Å². The highest BCUT2D eigenvalue weighted by Crippen LogP contribution is 2.24. The highest BCUT2D eigenvalue weighted by Gasteiger charge is 2.17. The molecule has 0 aliphatic heterocycles. The van der Waals surface area contributed by atoms with Gasteiger partial charge in [-0.2, -0.15) is 0 Å². The van der Waals surface area contributed by atoms with Crippen LogP contribution in [0.5, 0.6) is 0 Å². The Morgan fingerprint density at radius 3 is 2.68 bits per heavy atom. The van der Waals surface area contributed by atoms with Crippen LogP contribution in [0, 0.1) is 13.8 Å². The number of pyridine rings is 1. The summed E-state index contributed by atoms with van der Waals surface area (Å²) in [6.07, 6.45) is 5.92. The normalized spacial score (nSPS) is 11.0. The molecule has 0 aliphatic carbocycles. The van der Waals surface area contributed by atoms with Crippen LogP contribution in [0.3, 0.4) is 0 Å². The Hall–Kier alpha value is -4.72. The summed E-state index contributed by atoms with van der Waals surface area (Å²) in [5.41, 5.74) is 6.20. The molecule has 0 unspecified atom stereocenters. The molecule has 0 aliphatic rings. The number of nitrogens with zero attached hydrogens (tertiary/aromatic N) is 3. The molecular formula is C30H30N6O2. The Kier molecular flexibility index (Phi) is 7.31. The van der Waals surface area contributed by atoms with Gasteiger partial charge in [0.05, 0.1) is 18.4 Å². The molecule has 3 heterocycles.